The number of alkyl halides is 1. The van der Waals surface area contributed by atoms with E-state index >= 15 is 0 Å². The molecule has 0 saturated carbocycles. The number of hydrogen-bond acceptors (Lipinski definition) is 6. The van der Waals surface area contributed by atoms with E-state index in [4.69, 9.17) is 0 Å². The molecule has 0 bridgehead atoms. The van der Waals surface area contributed by atoms with E-state index in [0.717, 1.165) is 0 Å². The van der Waals surface area contributed by atoms with Gasteiger partial charge in [0.15, 0.2) is 11.5 Å². The first-order valence-corrected chi connectivity index (χ1v) is 3.16. The molecule has 1 N–H and O–H groups in total. The lowest BCUT2D eigenvalue weighted by molar-refractivity contribution is -0.832. The Labute approximate surface area is 75.1 Å². The highest BCUT2D eigenvalue weighted by molar-refractivity contribution is 4.52. The molecule has 0 radical (unpaired) electrons. The summed E-state index contributed by atoms with van der Waals surface area (Å²) in [5.41, 5.74) is 1.38. The summed E-state index contributed by atoms with van der Waals surface area (Å²) < 4.78 is 12.8. The van der Waals surface area contributed by atoms with Gasteiger partial charge in [-0.3, -0.25) is 20.2 Å². The van der Waals surface area contributed by atoms with Crippen molar-refractivity contribution in [1.82, 2.24) is 5.43 Å². The van der Waals surface area contributed by atoms with Crippen LogP contribution in [0.5, 0.6) is 0 Å². The molecule has 0 aromatic heterocycles. The second kappa shape index (κ2) is 4.25. The van der Waals surface area contributed by atoms with E-state index in [9.17, 15) is 34.7 Å². The van der Waals surface area contributed by atoms with Crippen molar-refractivity contribution < 1.29 is 19.3 Å². The van der Waals surface area contributed by atoms with E-state index in [1.54, 1.807) is 0 Å². The van der Waals surface area contributed by atoms with Crippen molar-refractivity contribution in [2.45, 2.75) is 12.3 Å². The second-order valence-corrected chi connectivity index (χ2v) is 2.15. The van der Waals surface area contributed by atoms with E-state index < -0.39 is 33.8 Å². The standard InChI is InChI=1S/C3H5FN4O6/c4-3(6(9)10,7(11)12)1-2-5-8(13)14/h5H,1-2H2. The summed E-state index contributed by atoms with van der Waals surface area (Å²) in [6, 6.07) is 0. The Bertz CT molecular complexity index is 254. The zero-order valence-electron chi connectivity index (χ0n) is 6.58. The summed E-state index contributed by atoms with van der Waals surface area (Å²) in [5.74, 6) is -3.89. The fraction of sp³-hybridized carbons (Fsp3) is 1.00. The van der Waals surface area contributed by atoms with Crippen molar-refractivity contribution in [3.05, 3.63) is 30.3 Å². The third-order valence-electron chi connectivity index (χ3n) is 1.24. The van der Waals surface area contributed by atoms with Crippen LogP contribution in [0.3, 0.4) is 0 Å². The van der Waals surface area contributed by atoms with Crippen molar-refractivity contribution in [1.29, 1.82) is 0 Å². The van der Waals surface area contributed by atoms with Gasteiger partial charge in [0.2, 0.25) is 0 Å². The number of nitrogens with one attached hydrogen (secondary N) is 1. The zero-order valence-corrected chi connectivity index (χ0v) is 6.58. The van der Waals surface area contributed by atoms with Crippen molar-refractivity contribution in [2.75, 3.05) is 6.54 Å². The fourth-order valence-corrected chi connectivity index (χ4v) is 0.555. The molecule has 0 rings (SSSR count). The Morgan fingerprint density at radius 3 is 1.86 bits per heavy atom. The smallest absolute Gasteiger partial charge is 0.256 e. The normalized spacial score (nSPS) is 10.6. The van der Waals surface area contributed by atoms with Crippen LogP contribution in [0.4, 0.5) is 4.39 Å². The van der Waals surface area contributed by atoms with Crippen molar-refractivity contribution in [3.63, 3.8) is 0 Å². The van der Waals surface area contributed by atoms with E-state index in [0.29, 0.717) is 0 Å². The summed E-state index contributed by atoms with van der Waals surface area (Å²) in [5, 5.41) is 28.4. The Kier molecular flexibility index (Phi) is 3.62. The Hall–Kier alpha value is -2.07. The van der Waals surface area contributed by atoms with Crippen LogP contribution < -0.4 is 5.43 Å². The first-order valence-electron chi connectivity index (χ1n) is 3.16. The predicted octanol–water partition coefficient (Wildman–Crippen LogP) is -0.665. The highest BCUT2D eigenvalue weighted by Crippen LogP contribution is 2.16. The lowest BCUT2D eigenvalue weighted by atomic mass is 10.3. The van der Waals surface area contributed by atoms with Gasteiger partial charge < -0.3 is 0 Å². The highest BCUT2D eigenvalue weighted by Gasteiger charge is 2.57. The first kappa shape index (κ1) is 11.9. The van der Waals surface area contributed by atoms with Crippen LogP contribution in [0.1, 0.15) is 6.42 Å². The molecular weight excluding hydrogens is 207 g/mol. The number of halogens is 1. The molecule has 0 aliphatic heterocycles. The Morgan fingerprint density at radius 2 is 1.57 bits per heavy atom. The first-order chi connectivity index (χ1) is 6.30. The minimum absolute atomic E-state index is 0.814. The van der Waals surface area contributed by atoms with Crippen LogP contribution >= 0.6 is 0 Å². The topological polar surface area (TPSA) is 141 Å². The van der Waals surface area contributed by atoms with E-state index in [1.807, 2.05) is 0 Å². The molecule has 0 aromatic rings. The van der Waals surface area contributed by atoms with Crippen molar-refractivity contribution >= 4 is 0 Å². The molecule has 0 spiro atoms. The van der Waals surface area contributed by atoms with Gasteiger partial charge in [-0.2, -0.15) is 0 Å². The summed E-state index contributed by atoms with van der Waals surface area (Å²) in [6.07, 6.45) is -1.23. The second-order valence-electron chi connectivity index (χ2n) is 2.15. The molecule has 0 atom stereocenters. The molecule has 80 valence electrons. The van der Waals surface area contributed by atoms with Crippen molar-refractivity contribution in [2.24, 2.45) is 0 Å². The maximum atomic E-state index is 12.8. The third-order valence-corrected chi connectivity index (χ3v) is 1.24. The highest BCUT2D eigenvalue weighted by atomic mass is 19.2. The van der Waals surface area contributed by atoms with Gasteiger partial charge in [0.05, 0.1) is 6.54 Å². The number of nitro groups is 3. The van der Waals surface area contributed by atoms with Gasteiger partial charge in [-0.05, 0) is 0 Å². The number of hydrogen-bond donors (Lipinski definition) is 1. The molecule has 14 heavy (non-hydrogen) atoms. The third kappa shape index (κ3) is 2.76. The molecular formula is C3H5FN4O6. The molecule has 0 aromatic carbocycles. The van der Waals surface area contributed by atoms with E-state index in [2.05, 4.69) is 0 Å². The van der Waals surface area contributed by atoms with E-state index in [-0.39, 0.29) is 0 Å². The van der Waals surface area contributed by atoms with Gasteiger partial charge in [0.25, 0.3) is 0 Å². The molecule has 0 heterocycles. The molecule has 0 amide bonds. The minimum atomic E-state index is -3.89. The van der Waals surface area contributed by atoms with Gasteiger partial charge in [-0.15, -0.1) is 5.43 Å². The average molecular weight is 212 g/mol. The van der Waals surface area contributed by atoms with Crippen LogP contribution in [0.2, 0.25) is 0 Å². The quantitative estimate of drug-likeness (QED) is 0.266. The minimum Gasteiger partial charge on any atom is -0.256 e. The monoisotopic (exact) mass is 212 g/mol. The Balaban J connectivity index is 4.32. The number of rotatable bonds is 6. The lowest BCUT2D eigenvalue weighted by Crippen LogP contribution is -2.44. The predicted molar refractivity (Wildman–Crippen MR) is 37.4 cm³/mol. The fourth-order valence-electron chi connectivity index (χ4n) is 0.555. The Morgan fingerprint density at radius 1 is 1.14 bits per heavy atom. The SMILES string of the molecule is O=[N+]([O-])NCCC(F)([N+](=O)[O-])[N+](=O)[O-]. The molecule has 0 aliphatic rings. The van der Waals surface area contributed by atoms with Crippen LogP contribution in [-0.4, -0.2) is 27.3 Å². The zero-order chi connectivity index (χ0) is 11.4. The summed E-state index contributed by atoms with van der Waals surface area (Å²) >= 11 is 0. The molecule has 11 heteroatoms. The van der Waals surface area contributed by atoms with Gasteiger partial charge in [-0.25, -0.2) is 10.1 Å². The van der Waals surface area contributed by atoms with Gasteiger partial charge in [0.1, 0.15) is 9.85 Å². The molecule has 0 aliphatic carbocycles. The number of nitrogens with zero attached hydrogens (tertiary/aromatic N) is 3. The molecule has 0 saturated heterocycles. The van der Waals surface area contributed by atoms with Gasteiger partial charge in [0, 0.05) is 0 Å². The van der Waals surface area contributed by atoms with Crippen molar-refractivity contribution in [3.8, 4) is 0 Å². The van der Waals surface area contributed by atoms with Crippen LogP contribution in [0.25, 0.3) is 0 Å². The average Bonchev–Trinajstić information content (AvgIpc) is 2.02. The lowest BCUT2D eigenvalue weighted by Gasteiger charge is -2.06. The maximum Gasteiger partial charge on any atom is 0.615 e. The molecule has 0 fully saturated rings. The summed E-state index contributed by atoms with van der Waals surface area (Å²) in [7, 11) is 0. The molecule has 10 nitrogen and oxygen atoms in total. The van der Waals surface area contributed by atoms with Crippen LogP contribution in [0.15, 0.2) is 0 Å². The number of hydrazine groups is 1. The summed E-state index contributed by atoms with van der Waals surface area (Å²) in [6.45, 7) is -0.814. The van der Waals surface area contributed by atoms with Crippen LogP contribution in [-0.2, 0) is 0 Å². The van der Waals surface area contributed by atoms with Gasteiger partial charge in [-0.1, -0.05) is 4.39 Å². The van der Waals surface area contributed by atoms with Crippen LogP contribution in [0, 0.1) is 30.3 Å². The van der Waals surface area contributed by atoms with E-state index in [1.165, 1.54) is 5.43 Å². The summed E-state index contributed by atoms with van der Waals surface area (Å²) in [4.78, 5) is 26.0. The largest absolute Gasteiger partial charge is 0.615 e. The maximum absolute atomic E-state index is 12.8. The molecule has 0 unspecified atom stereocenters. The van der Waals surface area contributed by atoms with Gasteiger partial charge >= 0.3 is 5.92 Å².